The number of amides is 1. The van der Waals surface area contributed by atoms with Gasteiger partial charge in [-0.2, -0.15) is 0 Å². The maximum Gasteiger partial charge on any atom is 0.264 e. The highest BCUT2D eigenvalue weighted by Crippen LogP contribution is 2.25. The standard InChI is InChI=1S/C27H24BrN3O5S2/c1-20-6-5-7-24(18-20)31(38(35,36)26-8-3-2-4-9-26)19-27(32)29-22-14-16-25(17-15-22)37(33,34)30-23-12-10-21(28)11-13-23/h2-18,30H,19H2,1H3,(H,29,32). The van der Waals surface area contributed by atoms with E-state index in [1.807, 2.05) is 13.0 Å². The number of anilines is 3. The van der Waals surface area contributed by atoms with Gasteiger partial charge in [0.15, 0.2) is 0 Å². The van der Waals surface area contributed by atoms with Crippen LogP contribution in [0.2, 0.25) is 0 Å². The Morgan fingerprint density at radius 1 is 0.763 bits per heavy atom. The highest BCUT2D eigenvalue weighted by Gasteiger charge is 2.27. The fourth-order valence-electron chi connectivity index (χ4n) is 3.60. The Bertz CT molecular complexity index is 1640. The van der Waals surface area contributed by atoms with Crippen molar-refractivity contribution in [2.75, 3.05) is 20.9 Å². The van der Waals surface area contributed by atoms with Gasteiger partial charge in [0.2, 0.25) is 5.91 Å². The summed E-state index contributed by atoms with van der Waals surface area (Å²) in [6, 6.07) is 27.0. The van der Waals surface area contributed by atoms with Gasteiger partial charge >= 0.3 is 0 Å². The first-order chi connectivity index (χ1) is 18.0. The molecule has 8 nitrogen and oxygen atoms in total. The summed E-state index contributed by atoms with van der Waals surface area (Å²) in [4.78, 5) is 13.0. The second-order valence-corrected chi connectivity index (χ2v) is 12.8. The van der Waals surface area contributed by atoms with Crippen LogP contribution < -0.4 is 14.3 Å². The fraction of sp³-hybridized carbons (Fsp3) is 0.0741. The predicted molar refractivity (Wildman–Crippen MR) is 152 cm³/mol. The minimum atomic E-state index is -4.03. The van der Waals surface area contributed by atoms with E-state index in [4.69, 9.17) is 0 Å². The number of hydrogen-bond acceptors (Lipinski definition) is 5. The van der Waals surface area contributed by atoms with Gasteiger partial charge in [-0.3, -0.25) is 13.8 Å². The summed E-state index contributed by atoms with van der Waals surface area (Å²) in [5.74, 6) is -0.588. The zero-order valence-electron chi connectivity index (χ0n) is 20.2. The molecule has 0 aliphatic rings. The molecular formula is C27H24BrN3O5S2. The lowest BCUT2D eigenvalue weighted by molar-refractivity contribution is -0.114. The molecule has 38 heavy (non-hydrogen) atoms. The van der Waals surface area contributed by atoms with Crippen molar-refractivity contribution in [2.24, 2.45) is 0 Å². The first-order valence-electron chi connectivity index (χ1n) is 11.4. The van der Waals surface area contributed by atoms with Crippen molar-refractivity contribution in [3.05, 3.63) is 113 Å². The highest BCUT2D eigenvalue weighted by atomic mass is 79.9. The number of sulfonamides is 2. The molecule has 0 bridgehead atoms. The molecule has 4 rings (SSSR count). The first kappa shape index (κ1) is 27.4. The second-order valence-electron chi connectivity index (χ2n) is 8.35. The van der Waals surface area contributed by atoms with Crippen molar-refractivity contribution in [1.82, 2.24) is 0 Å². The molecule has 4 aromatic rings. The van der Waals surface area contributed by atoms with Crippen LogP contribution in [0.1, 0.15) is 5.56 Å². The zero-order chi connectivity index (χ0) is 27.3. The van der Waals surface area contributed by atoms with E-state index in [2.05, 4.69) is 26.0 Å². The van der Waals surface area contributed by atoms with Crippen LogP contribution in [0.25, 0.3) is 0 Å². The van der Waals surface area contributed by atoms with Crippen molar-refractivity contribution >= 4 is 58.9 Å². The topological polar surface area (TPSA) is 113 Å². The van der Waals surface area contributed by atoms with Gasteiger partial charge in [-0.1, -0.05) is 46.3 Å². The molecule has 2 N–H and O–H groups in total. The van der Waals surface area contributed by atoms with Gasteiger partial charge in [-0.25, -0.2) is 16.8 Å². The number of aryl methyl sites for hydroxylation is 1. The lowest BCUT2D eigenvalue weighted by Gasteiger charge is -2.24. The van der Waals surface area contributed by atoms with Crippen LogP contribution >= 0.6 is 15.9 Å². The number of nitrogens with zero attached hydrogens (tertiary/aromatic N) is 1. The Labute approximate surface area is 230 Å². The van der Waals surface area contributed by atoms with E-state index in [0.717, 1.165) is 14.3 Å². The van der Waals surface area contributed by atoms with Crippen LogP contribution in [0.4, 0.5) is 17.1 Å². The van der Waals surface area contributed by atoms with Crippen LogP contribution in [-0.2, 0) is 24.8 Å². The fourth-order valence-corrected chi connectivity index (χ4v) is 6.36. The van der Waals surface area contributed by atoms with E-state index in [0.29, 0.717) is 17.1 Å². The van der Waals surface area contributed by atoms with E-state index in [1.54, 1.807) is 60.7 Å². The summed E-state index contributed by atoms with van der Waals surface area (Å²) in [5, 5.41) is 2.65. The number of hydrogen-bond donors (Lipinski definition) is 2. The van der Waals surface area contributed by atoms with Gasteiger partial charge in [0.1, 0.15) is 6.54 Å². The molecule has 11 heteroatoms. The smallest absolute Gasteiger partial charge is 0.264 e. The van der Waals surface area contributed by atoms with Gasteiger partial charge in [0.05, 0.1) is 15.5 Å². The molecule has 0 saturated heterocycles. The Morgan fingerprint density at radius 2 is 1.39 bits per heavy atom. The predicted octanol–water partition coefficient (Wildman–Crippen LogP) is 5.39. The van der Waals surface area contributed by atoms with E-state index in [-0.39, 0.29) is 9.79 Å². The normalized spacial score (nSPS) is 11.5. The summed E-state index contributed by atoms with van der Waals surface area (Å²) in [6.45, 7) is 1.35. The van der Waals surface area contributed by atoms with Crippen molar-refractivity contribution in [2.45, 2.75) is 16.7 Å². The van der Waals surface area contributed by atoms with E-state index < -0.39 is 32.5 Å². The molecular weight excluding hydrogens is 590 g/mol. The molecule has 0 heterocycles. The molecule has 0 aliphatic carbocycles. The van der Waals surface area contributed by atoms with Crippen LogP contribution in [0.5, 0.6) is 0 Å². The third-order valence-electron chi connectivity index (χ3n) is 5.45. The van der Waals surface area contributed by atoms with Gasteiger partial charge in [0, 0.05) is 15.8 Å². The lowest BCUT2D eigenvalue weighted by atomic mass is 10.2. The van der Waals surface area contributed by atoms with E-state index in [1.165, 1.54) is 36.4 Å². The molecule has 0 atom stereocenters. The minimum absolute atomic E-state index is 0.00598. The van der Waals surface area contributed by atoms with Gasteiger partial charge in [0.25, 0.3) is 20.0 Å². The summed E-state index contributed by atoms with van der Waals surface area (Å²) in [6.07, 6.45) is 0. The summed E-state index contributed by atoms with van der Waals surface area (Å²) >= 11 is 3.30. The van der Waals surface area contributed by atoms with Crippen molar-refractivity contribution < 1.29 is 21.6 Å². The maximum absolute atomic E-state index is 13.4. The van der Waals surface area contributed by atoms with Crippen LogP contribution in [-0.4, -0.2) is 29.3 Å². The summed E-state index contributed by atoms with van der Waals surface area (Å²) in [5.41, 5.74) is 1.91. The second kappa shape index (κ2) is 11.4. The molecule has 196 valence electrons. The van der Waals surface area contributed by atoms with Gasteiger partial charge < -0.3 is 5.32 Å². The molecule has 0 aromatic heterocycles. The highest BCUT2D eigenvalue weighted by molar-refractivity contribution is 9.10. The third-order valence-corrected chi connectivity index (χ3v) is 9.17. The number of benzene rings is 4. The molecule has 0 spiro atoms. The number of carbonyl (C=O) groups excluding carboxylic acids is 1. The Balaban J connectivity index is 1.52. The molecule has 4 aromatic carbocycles. The summed E-state index contributed by atoms with van der Waals surface area (Å²) < 4.78 is 56.6. The molecule has 0 saturated carbocycles. The third kappa shape index (κ3) is 6.60. The van der Waals surface area contributed by atoms with Gasteiger partial charge in [-0.15, -0.1) is 0 Å². The van der Waals surface area contributed by atoms with Crippen molar-refractivity contribution in [3.8, 4) is 0 Å². The number of halogens is 1. The Hall–Kier alpha value is -3.67. The Morgan fingerprint density at radius 3 is 2.03 bits per heavy atom. The molecule has 1 amide bonds. The van der Waals surface area contributed by atoms with Crippen LogP contribution in [0.15, 0.2) is 117 Å². The largest absolute Gasteiger partial charge is 0.325 e. The van der Waals surface area contributed by atoms with Crippen molar-refractivity contribution in [1.29, 1.82) is 0 Å². The van der Waals surface area contributed by atoms with Crippen LogP contribution in [0.3, 0.4) is 0 Å². The minimum Gasteiger partial charge on any atom is -0.325 e. The molecule has 0 unspecified atom stereocenters. The molecule has 0 radical (unpaired) electrons. The van der Waals surface area contributed by atoms with Crippen LogP contribution in [0, 0.1) is 6.92 Å². The first-order valence-corrected chi connectivity index (χ1v) is 15.1. The number of rotatable bonds is 9. The quantitative estimate of drug-likeness (QED) is 0.263. The Kier molecular flexibility index (Phi) is 8.20. The zero-order valence-corrected chi connectivity index (χ0v) is 23.4. The monoisotopic (exact) mass is 613 g/mol. The summed E-state index contributed by atoms with van der Waals surface area (Å²) in [7, 11) is -7.88. The molecule has 0 aliphatic heterocycles. The van der Waals surface area contributed by atoms with Crippen molar-refractivity contribution in [3.63, 3.8) is 0 Å². The number of carbonyl (C=O) groups is 1. The van der Waals surface area contributed by atoms with E-state index >= 15 is 0 Å². The average Bonchev–Trinajstić information content (AvgIpc) is 2.89. The molecule has 0 fully saturated rings. The lowest BCUT2D eigenvalue weighted by Crippen LogP contribution is -2.38. The van der Waals surface area contributed by atoms with Gasteiger partial charge in [-0.05, 0) is 85.3 Å². The SMILES string of the molecule is Cc1cccc(N(CC(=O)Nc2ccc(S(=O)(=O)Nc3ccc(Br)cc3)cc2)S(=O)(=O)c2ccccc2)c1. The maximum atomic E-state index is 13.4. The average molecular weight is 615 g/mol. The number of nitrogens with one attached hydrogen (secondary N) is 2. The van der Waals surface area contributed by atoms with E-state index in [9.17, 15) is 21.6 Å².